The molecule has 0 saturated heterocycles. The van der Waals surface area contributed by atoms with Gasteiger partial charge in [0, 0.05) is 13.0 Å². The van der Waals surface area contributed by atoms with Crippen LogP contribution in [0.2, 0.25) is 0 Å². The number of benzene rings is 1. The summed E-state index contributed by atoms with van der Waals surface area (Å²) in [4.78, 5) is 17.1. The number of nitrogens with zero attached hydrogens (tertiary/aromatic N) is 1. The first-order chi connectivity index (χ1) is 9.58. The highest BCUT2D eigenvalue weighted by atomic mass is 16.6. The molecule has 5 heteroatoms. The van der Waals surface area contributed by atoms with Crippen LogP contribution in [0, 0.1) is 5.92 Å². The number of amides is 1. The minimum atomic E-state index is -0.607. The summed E-state index contributed by atoms with van der Waals surface area (Å²) in [6.45, 7) is 4.04. The van der Waals surface area contributed by atoms with E-state index in [2.05, 4.69) is 10.5 Å². The SMILES string of the molecule is CC(C)C(O)CNC(=O)C1CC(c2ccccc2)=NO1. The minimum Gasteiger partial charge on any atom is -0.391 e. The number of aliphatic hydroxyl groups excluding tert-OH is 1. The van der Waals surface area contributed by atoms with E-state index in [4.69, 9.17) is 4.84 Å². The van der Waals surface area contributed by atoms with Crippen molar-refractivity contribution in [3.05, 3.63) is 35.9 Å². The molecule has 5 nitrogen and oxygen atoms in total. The van der Waals surface area contributed by atoms with E-state index in [0.29, 0.717) is 6.42 Å². The van der Waals surface area contributed by atoms with Crippen molar-refractivity contribution in [1.29, 1.82) is 0 Å². The zero-order valence-corrected chi connectivity index (χ0v) is 11.7. The molecule has 0 spiro atoms. The average Bonchev–Trinajstić information content (AvgIpc) is 2.95. The third-order valence-electron chi connectivity index (χ3n) is 3.32. The van der Waals surface area contributed by atoms with Gasteiger partial charge >= 0.3 is 0 Å². The Hall–Kier alpha value is -1.88. The van der Waals surface area contributed by atoms with Gasteiger partial charge < -0.3 is 15.3 Å². The topological polar surface area (TPSA) is 70.9 Å². The van der Waals surface area contributed by atoms with Crippen LogP contribution in [-0.2, 0) is 9.63 Å². The molecule has 1 aliphatic heterocycles. The summed E-state index contributed by atoms with van der Waals surface area (Å²) in [5.41, 5.74) is 1.74. The van der Waals surface area contributed by atoms with Crippen molar-refractivity contribution in [2.75, 3.05) is 6.54 Å². The van der Waals surface area contributed by atoms with Crippen molar-refractivity contribution in [3.63, 3.8) is 0 Å². The Bertz CT molecular complexity index is 485. The maximum Gasteiger partial charge on any atom is 0.264 e. The maximum absolute atomic E-state index is 11.9. The molecule has 1 heterocycles. The van der Waals surface area contributed by atoms with Crippen LogP contribution in [0.25, 0.3) is 0 Å². The van der Waals surface area contributed by atoms with Crippen molar-refractivity contribution in [2.24, 2.45) is 11.1 Å². The molecule has 1 aliphatic rings. The quantitative estimate of drug-likeness (QED) is 0.852. The van der Waals surface area contributed by atoms with E-state index in [-0.39, 0.29) is 18.4 Å². The second-order valence-corrected chi connectivity index (χ2v) is 5.26. The van der Waals surface area contributed by atoms with Crippen LogP contribution < -0.4 is 5.32 Å². The molecule has 2 unspecified atom stereocenters. The highest BCUT2D eigenvalue weighted by Gasteiger charge is 2.29. The number of hydrogen-bond acceptors (Lipinski definition) is 4. The molecule has 0 bridgehead atoms. The summed E-state index contributed by atoms with van der Waals surface area (Å²) in [6.07, 6.45) is -0.701. The molecule has 0 aromatic heterocycles. The van der Waals surface area contributed by atoms with Crippen LogP contribution in [0.3, 0.4) is 0 Å². The highest BCUT2D eigenvalue weighted by molar-refractivity contribution is 6.04. The second kappa shape index (κ2) is 6.52. The smallest absolute Gasteiger partial charge is 0.264 e. The summed E-state index contributed by atoms with van der Waals surface area (Å²) in [5.74, 6) is -0.129. The first kappa shape index (κ1) is 14.5. The molecule has 1 aromatic carbocycles. The predicted molar refractivity (Wildman–Crippen MR) is 76.3 cm³/mol. The third kappa shape index (κ3) is 3.57. The Balaban J connectivity index is 1.84. The van der Waals surface area contributed by atoms with Gasteiger partial charge in [0.1, 0.15) is 0 Å². The van der Waals surface area contributed by atoms with E-state index in [1.54, 1.807) is 0 Å². The number of oxime groups is 1. The standard InChI is InChI=1S/C15H20N2O3/c1-10(2)13(18)9-16-15(19)14-8-12(17-20-14)11-6-4-3-5-7-11/h3-7,10,13-14,18H,8-9H2,1-2H3,(H,16,19). The van der Waals surface area contributed by atoms with Gasteiger partial charge in [0.2, 0.25) is 6.10 Å². The lowest BCUT2D eigenvalue weighted by atomic mass is 10.0. The predicted octanol–water partition coefficient (Wildman–Crippen LogP) is 1.31. The molecule has 0 saturated carbocycles. The molecule has 108 valence electrons. The second-order valence-electron chi connectivity index (χ2n) is 5.26. The Kier molecular flexibility index (Phi) is 4.74. The molecule has 2 atom stereocenters. The molecule has 2 rings (SSSR count). The largest absolute Gasteiger partial charge is 0.391 e. The number of carbonyl (C=O) groups excluding carboxylic acids is 1. The van der Waals surface area contributed by atoms with Crippen LogP contribution in [0.1, 0.15) is 25.8 Å². The van der Waals surface area contributed by atoms with Gasteiger partial charge in [-0.25, -0.2) is 0 Å². The fourth-order valence-corrected chi connectivity index (χ4v) is 1.87. The fraction of sp³-hybridized carbons (Fsp3) is 0.467. The van der Waals surface area contributed by atoms with Crippen LogP contribution in [-0.4, -0.2) is 35.5 Å². The third-order valence-corrected chi connectivity index (χ3v) is 3.32. The fourth-order valence-electron chi connectivity index (χ4n) is 1.87. The summed E-state index contributed by atoms with van der Waals surface area (Å²) >= 11 is 0. The van der Waals surface area contributed by atoms with Crippen molar-refractivity contribution in [3.8, 4) is 0 Å². The lowest BCUT2D eigenvalue weighted by Crippen LogP contribution is -2.40. The van der Waals surface area contributed by atoms with Gasteiger partial charge in [0.05, 0.1) is 11.8 Å². The zero-order valence-electron chi connectivity index (χ0n) is 11.7. The van der Waals surface area contributed by atoms with E-state index in [1.807, 2.05) is 44.2 Å². The highest BCUT2D eigenvalue weighted by Crippen LogP contribution is 2.16. The number of rotatable bonds is 5. The molecule has 2 N–H and O–H groups in total. The van der Waals surface area contributed by atoms with Gasteiger partial charge in [-0.2, -0.15) is 0 Å². The lowest BCUT2D eigenvalue weighted by Gasteiger charge is -2.16. The number of hydrogen-bond donors (Lipinski definition) is 2. The molecule has 1 amide bonds. The Labute approximate surface area is 118 Å². The lowest BCUT2D eigenvalue weighted by molar-refractivity contribution is -0.131. The van der Waals surface area contributed by atoms with E-state index >= 15 is 0 Å². The molecular formula is C15H20N2O3. The van der Waals surface area contributed by atoms with Gasteiger partial charge in [0.25, 0.3) is 5.91 Å². The van der Waals surface area contributed by atoms with Crippen LogP contribution in [0.15, 0.2) is 35.5 Å². The zero-order chi connectivity index (χ0) is 14.5. The first-order valence-corrected chi connectivity index (χ1v) is 6.82. The number of aliphatic hydroxyl groups is 1. The van der Waals surface area contributed by atoms with Crippen molar-refractivity contribution < 1.29 is 14.7 Å². The van der Waals surface area contributed by atoms with E-state index in [1.165, 1.54) is 0 Å². The van der Waals surface area contributed by atoms with Crippen LogP contribution >= 0.6 is 0 Å². The minimum absolute atomic E-state index is 0.107. The van der Waals surface area contributed by atoms with Gasteiger partial charge in [-0.15, -0.1) is 0 Å². The molecular weight excluding hydrogens is 256 g/mol. The van der Waals surface area contributed by atoms with Crippen molar-refractivity contribution in [1.82, 2.24) is 5.32 Å². The monoisotopic (exact) mass is 276 g/mol. The molecule has 20 heavy (non-hydrogen) atoms. The molecule has 1 aromatic rings. The average molecular weight is 276 g/mol. The Morgan fingerprint density at radius 3 is 2.80 bits per heavy atom. The number of carbonyl (C=O) groups is 1. The number of nitrogens with one attached hydrogen (secondary N) is 1. The van der Waals surface area contributed by atoms with E-state index in [9.17, 15) is 9.90 Å². The van der Waals surface area contributed by atoms with Gasteiger partial charge in [-0.1, -0.05) is 49.3 Å². The molecule has 0 aliphatic carbocycles. The van der Waals surface area contributed by atoms with E-state index < -0.39 is 12.2 Å². The Morgan fingerprint density at radius 1 is 1.45 bits per heavy atom. The van der Waals surface area contributed by atoms with Crippen LogP contribution in [0.5, 0.6) is 0 Å². The Morgan fingerprint density at radius 2 is 2.15 bits per heavy atom. The van der Waals surface area contributed by atoms with Crippen LogP contribution in [0.4, 0.5) is 0 Å². The maximum atomic E-state index is 11.9. The van der Waals surface area contributed by atoms with Gasteiger partial charge in [-0.05, 0) is 11.5 Å². The molecule has 0 radical (unpaired) electrons. The summed E-state index contributed by atoms with van der Waals surface area (Å²) < 4.78 is 0. The first-order valence-electron chi connectivity index (χ1n) is 6.82. The summed E-state index contributed by atoms with van der Waals surface area (Å²) in [6, 6.07) is 9.64. The van der Waals surface area contributed by atoms with Gasteiger partial charge in [0.15, 0.2) is 0 Å². The van der Waals surface area contributed by atoms with E-state index in [0.717, 1.165) is 11.3 Å². The van der Waals surface area contributed by atoms with Crippen molar-refractivity contribution in [2.45, 2.75) is 32.5 Å². The van der Waals surface area contributed by atoms with Gasteiger partial charge in [-0.3, -0.25) is 4.79 Å². The summed E-state index contributed by atoms with van der Waals surface area (Å²) in [7, 11) is 0. The van der Waals surface area contributed by atoms with Crippen molar-refractivity contribution >= 4 is 11.6 Å². The normalized spacial score (nSPS) is 19.4. The summed E-state index contributed by atoms with van der Waals surface area (Å²) in [5, 5.41) is 16.3. The molecule has 0 fully saturated rings.